The molecule has 0 saturated carbocycles. The van der Waals surface area contributed by atoms with Gasteiger partial charge in [-0.25, -0.2) is 17.8 Å². The minimum atomic E-state index is -3.53. The second-order valence-electron chi connectivity index (χ2n) is 8.58. The number of sulfonamides is 1. The molecule has 2 heterocycles. The summed E-state index contributed by atoms with van der Waals surface area (Å²) in [5, 5.41) is 0. The largest absolute Gasteiger partial charge is 0.341 e. The molecule has 33 heavy (non-hydrogen) atoms. The zero-order valence-corrected chi connectivity index (χ0v) is 19.8. The molecule has 4 rings (SSSR count). The Balaban J connectivity index is 1.46. The van der Waals surface area contributed by atoms with E-state index in [0.717, 1.165) is 30.3 Å². The van der Waals surface area contributed by atoms with Crippen LogP contribution >= 0.6 is 0 Å². The summed E-state index contributed by atoms with van der Waals surface area (Å²) in [6.45, 7) is 1.44. The summed E-state index contributed by atoms with van der Waals surface area (Å²) in [6.07, 6.45) is 3.51. The van der Waals surface area contributed by atoms with E-state index in [4.69, 9.17) is 0 Å². The molecular formula is C24H29FN4O3S. The van der Waals surface area contributed by atoms with Gasteiger partial charge >= 0.3 is 0 Å². The number of amides is 1. The molecule has 0 N–H and O–H groups in total. The molecule has 2 aromatic carbocycles. The van der Waals surface area contributed by atoms with Crippen molar-refractivity contribution in [2.75, 3.05) is 20.1 Å². The number of hydrogen-bond acceptors (Lipinski definition) is 4. The molecule has 1 amide bonds. The van der Waals surface area contributed by atoms with Crippen LogP contribution in [0.4, 0.5) is 4.39 Å². The summed E-state index contributed by atoms with van der Waals surface area (Å²) in [4.78, 5) is 19.0. The second kappa shape index (κ2) is 9.61. The van der Waals surface area contributed by atoms with Crippen LogP contribution in [0.15, 0.2) is 47.4 Å². The van der Waals surface area contributed by atoms with Crippen molar-refractivity contribution in [2.24, 2.45) is 7.05 Å². The maximum Gasteiger partial charge on any atom is 0.243 e. The third kappa shape index (κ3) is 5.09. The van der Waals surface area contributed by atoms with Gasteiger partial charge in [0, 0.05) is 46.6 Å². The van der Waals surface area contributed by atoms with E-state index in [0.29, 0.717) is 37.4 Å². The third-order valence-corrected chi connectivity index (χ3v) is 8.09. The summed E-state index contributed by atoms with van der Waals surface area (Å²) in [7, 11) is 0.0295. The lowest BCUT2D eigenvalue weighted by molar-refractivity contribution is -0.130. The first kappa shape index (κ1) is 23.4. The number of fused-ring (bicyclic) bond motifs is 1. The van der Waals surface area contributed by atoms with Crippen LogP contribution in [-0.4, -0.2) is 53.2 Å². The van der Waals surface area contributed by atoms with Gasteiger partial charge in [0.15, 0.2) is 0 Å². The number of imidazole rings is 1. The van der Waals surface area contributed by atoms with Crippen molar-refractivity contribution < 1.29 is 17.6 Å². The van der Waals surface area contributed by atoms with E-state index in [-0.39, 0.29) is 23.0 Å². The van der Waals surface area contributed by atoms with Crippen molar-refractivity contribution in [2.45, 2.75) is 43.5 Å². The fourth-order valence-corrected chi connectivity index (χ4v) is 5.81. The van der Waals surface area contributed by atoms with Crippen LogP contribution in [0.3, 0.4) is 0 Å². The lowest BCUT2D eigenvalue weighted by atomic mass is 10.2. The normalized spacial score (nSPS) is 15.1. The molecule has 1 saturated heterocycles. The molecule has 0 unspecified atom stereocenters. The average Bonchev–Trinajstić information content (AvgIpc) is 3.13. The Bertz CT molecular complexity index is 1270. The maximum atomic E-state index is 13.4. The van der Waals surface area contributed by atoms with Gasteiger partial charge < -0.3 is 9.47 Å². The summed E-state index contributed by atoms with van der Waals surface area (Å²) < 4.78 is 42.8. The molecule has 3 aromatic rings. The van der Waals surface area contributed by atoms with Crippen LogP contribution in [0.1, 0.15) is 37.1 Å². The first-order chi connectivity index (χ1) is 15.8. The van der Waals surface area contributed by atoms with Gasteiger partial charge in [0.2, 0.25) is 15.9 Å². The van der Waals surface area contributed by atoms with E-state index in [9.17, 15) is 17.6 Å². The summed E-state index contributed by atoms with van der Waals surface area (Å²) in [5.41, 5.74) is 2.16. The van der Waals surface area contributed by atoms with Crippen LogP contribution < -0.4 is 0 Å². The number of carbonyl (C=O) groups is 1. The highest BCUT2D eigenvalue weighted by atomic mass is 32.2. The van der Waals surface area contributed by atoms with Crippen molar-refractivity contribution in [1.82, 2.24) is 18.8 Å². The quantitative estimate of drug-likeness (QED) is 0.528. The molecule has 7 nitrogen and oxygen atoms in total. The van der Waals surface area contributed by atoms with E-state index >= 15 is 0 Å². The standard InChI is InChI=1S/C24H29FN4O3S/c1-27(17-18-7-6-8-19(25)15-18)24(30)12-11-23-26-21-16-20(9-10-22(21)28(23)2)33(31,32)29-13-4-3-5-14-29/h6-10,15-16H,3-5,11-14,17H2,1-2H3. The fourth-order valence-electron chi connectivity index (χ4n) is 4.27. The first-order valence-corrected chi connectivity index (χ1v) is 12.6. The van der Waals surface area contributed by atoms with Gasteiger partial charge in [-0.1, -0.05) is 18.6 Å². The molecule has 0 radical (unpaired) electrons. The van der Waals surface area contributed by atoms with Gasteiger partial charge in [0.05, 0.1) is 15.9 Å². The predicted octanol–water partition coefficient (Wildman–Crippen LogP) is 3.48. The fraction of sp³-hybridized carbons (Fsp3) is 0.417. The van der Waals surface area contributed by atoms with Crippen molar-refractivity contribution in [1.29, 1.82) is 0 Å². The minimum absolute atomic E-state index is 0.0697. The van der Waals surface area contributed by atoms with Crippen LogP contribution in [-0.2, 0) is 34.8 Å². The zero-order valence-electron chi connectivity index (χ0n) is 19.0. The van der Waals surface area contributed by atoms with E-state index < -0.39 is 10.0 Å². The predicted molar refractivity (Wildman–Crippen MR) is 125 cm³/mol. The molecule has 9 heteroatoms. The summed E-state index contributed by atoms with van der Waals surface area (Å²) >= 11 is 0. The molecule has 0 aliphatic carbocycles. The number of hydrogen-bond donors (Lipinski definition) is 0. The van der Waals surface area contributed by atoms with Crippen LogP contribution in [0.2, 0.25) is 0 Å². The number of piperidine rings is 1. The number of halogens is 1. The number of aromatic nitrogens is 2. The van der Waals surface area contributed by atoms with Gasteiger partial charge in [-0.3, -0.25) is 4.79 Å². The SMILES string of the molecule is CN(Cc1cccc(F)c1)C(=O)CCc1nc2cc(S(=O)(=O)N3CCCCC3)ccc2n1C. The molecular weight excluding hydrogens is 443 g/mol. The molecule has 176 valence electrons. The number of nitrogens with zero attached hydrogens (tertiary/aromatic N) is 4. The van der Waals surface area contributed by atoms with E-state index in [1.807, 2.05) is 11.6 Å². The minimum Gasteiger partial charge on any atom is -0.341 e. The lowest BCUT2D eigenvalue weighted by Gasteiger charge is -2.25. The highest BCUT2D eigenvalue weighted by molar-refractivity contribution is 7.89. The Morgan fingerprint density at radius 1 is 1.12 bits per heavy atom. The smallest absolute Gasteiger partial charge is 0.243 e. The molecule has 0 bridgehead atoms. The summed E-state index contributed by atoms with van der Waals surface area (Å²) in [5.74, 6) is 0.319. The number of benzene rings is 2. The van der Waals surface area contributed by atoms with E-state index in [2.05, 4.69) is 4.98 Å². The Morgan fingerprint density at radius 2 is 1.88 bits per heavy atom. The Morgan fingerprint density at radius 3 is 2.61 bits per heavy atom. The van der Waals surface area contributed by atoms with Crippen LogP contribution in [0.5, 0.6) is 0 Å². The third-order valence-electron chi connectivity index (χ3n) is 6.19. The highest BCUT2D eigenvalue weighted by Crippen LogP contribution is 2.25. The molecule has 0 spiro atoms. The lowest BCUT2D eigenvalue weighted by Crippen LogP contribution is -2.35. The van der Waals surface area contributed by atoms with Gasteiger partial charge in [-0.05, 0) is 48.7 Å². The average molecular weight is 473 g/mol. The molecule has 1 aliphatic heterocycles. The van der Waals surface area contributed by atoms with Gasteiger partial charge in [-0.15, -0.1) is 0 Å². The highest BCUT2D eigenvalue weighted by Gasteiger charge is 2.26. The van der Waals surface area contributed by atoms with Gasteiger partial charge in [0.1, 0.15) is 11.6 Å². The summed E-state index contributed by atoms with van der Waals surface area (Å²) in [6, 6.07) is 11.2. The van der Waals surface area contributed by atoms with Crippen LogP contribution in [0, 0.1) is 5.82 Å². The van der Waals surface area contributed by atoms with Crippen molar-refractivity contribution in [3.05, 3.63) is 59.7 Å². The molecule has 1 aliphatic rings. The molecule has 0 atom stereocenters. The van der Waals surface area contributed by atoms with E-state index in [1.54, 1.807) is 46.6 Å². The van der Waals surface area contributed by atoms with Crippen molar-refractivity contribution >= 4 is 27.0 Å². The number of rotatable bonds is 7. The van der Waals surface area contributed by atoms with Gasteiger partial charge in [-0.2, -0.15) is 4.31 Å². The Labute approximate surface area is 193 Å². The number of aryl methyl sites for hydroxylation is 2. The molecule has 1 fully saturated rings. The number of carbonyl (C=O) groups excluding carboxylic acids is 1. The zero-order chi connectivity index (χ0) is 23.6. The van der Waals surface area contributed by atoms with Crippen molar-refractivity contribution in [3.8, 4) is 0 Å². The van der Waals surface area contributed by atoms with Crippen LogP contribution in [0.25, 0.3) is 11.0 Å². The molecule has 1 aromatic heterocycles. The van der Waals surface area contributed by atoms with Crippen molar-refractivity contribution in [3.63, 3.8) is 0 Å². The maximum absolute atomic E-state index is 13.4. The first-order valence-electron chi connectivity index (χ1n) is 11.2. The van der Waals surface area contributed by atoms with Gasteiger partial charge in [0.25, 0.3) is 0 Å². The second-order valence-corrected chi connectivity index (χ2v) is 10.5. The monoisotopic (exact) mass is 472 g/mol. The Hall–Kier alpha value is -2.78. The Kier molecular flexibility index (Phi) is 6.81. The van der Waals surface area contributed by atoms with E-state index in [1.165, 1.54) is 12.1 Å². The topological polar surface area (TPSA) is 75.5 Å².